The molecule has 0 fully saturated rings. The Hall–Kier alpha value is -1.15. The molecule has 1 rings (SSSR count). The van der Waals surface area contributed by atoms with Gasteiger partial charge in [0, 0.05) is 5.92 Å². The third-order valence-electron chi connectivity index (χ3n) is 5.11. The Morgan fingerprint density at radius 3 is 2.08 bits per heavy atom. The molecule has 0 aliphatic rings. The van der Waals surface area contributed by atoms with Crippen molar-refractivity contribution in [3.05, 3.63) is 35.9 Å². The molecule has 1 unspecified atom stereocenters. The molecule has 0 bridgehead atoms. The predicted octanol–water partition coefficient (Wildman–Crippen LogP) is 6.03. The Bertz CT molecular complexity index is 439. The fourth-order valence-corrected chi connectivity index (χ4v) is 3.54. The maximum absolute atomic E-state index is 13.3. The monoisotopic (exact) mass is 331 g/mol. The van der Waals surface area contributed by atoms with Gasteiger partial charge in [-0.2, -0.15) is 0 Å². The topological polar surface area (TPSA) is 20.3 Å². The van der Waals surface area contributed by atoms with E-state index in [-0.39, 0.29) is 12.0 Å². The summed E-state index contributed by atoms with van der Waals surface area (Å²) in [5.74, 6) is 0.611. The number of benzene rings is 1. The minimum Gasteiger partial charge on any atom is -0.297 e. The Morgan fingerprint density at radius 1 is 0.917 bits per heavy atom. The maximum atomic E-state index is 13.3. The van der Waals surface area contributed by atoms with Crippen LogP contribution in [0.1, 0.15) is 84.2 Å². The van der Waals surface area contributed by atoms with Crippen molar-refractivity contribution < 1.29 is 4.79 Å². The number of ketones is 1. The molecule has 2 atom stereocenters. The minimum atomic E-state index is -0.0817. The lowest BCUT2D eigenvalue weighted by Crippen LogP contribution is -2.37. The maximum Gasteiger partial charge on any atom is 0.157 e. The molecule has 0 aliphatic carbocycles. The van der Waals surface area contributed by atoms with E-state index in [2.05, 4.69) is 44.7 Å². The SMILES string of the molecule is CCCCCCCC(CC)C(=O)[C@@H](c1ccccc1)N(CC)CC. The molecule has 0 radical (unpaired) electrons. The number of hydrogen-bond donors (Lipinski definition) is 0. The zero-order valence-corrected chi connectivity index (χ0v) is 16.3. The van der Waals surface area contributed by atoms with Crippen LogP contribution in [0.25, 0.3) is 0 Å². The van der Waals surface area contributed by atoms with Crippen molar-refractivity contribution in [1.82, 2.24) is 4.90 Å². The summed E-state index contributed by atoms with van der Waals surface area (Å²) in [4.78, 5) is 15.6. The highest BCUT2D eigenvalue weighted by Gasteiger charge is 2.30. The molecule has 0 aromatic heterocycles. The summed E-state index contributed by atoms with van der Waals surface area (Å²) in [6, 6.07) is 10.2. The highest BCUT2D eigenvalue weighted by molar-refractivity contribution is 5.87. The van der Waals surface area contributed by atoms with E-state index >= 15 is 0 Å². The number of Topliss-reactive ketones (excluding diaryl/α,β-unsaturated/α-hetero) is 1. The standard InChI is InChI=1S/C22H37NO/c1-5-9-10-11-13-16-19(6-2)22(24)21(23(7-3)8-4)20-17-14-12-15-18-20/h12,14-15,17-19,21H,5-11,13,16H2,1-4H3/t19?,21-/m1/s1. The van der Waals surface area contributed by atoms with E-state index in [0.29, 0.717) is 5.78 Å². The van der Waals surface area contributed by atoms with E-state index < -0.39 is 0 Å². The number of nitrogens with zero attached hydrogens (tertiary/aromatic N) is 1. The Kier molecular flexibility index (Phi) is 10.7. The van der Waals surface area contributed by atoms with Gasteiger partial charge in [-0.25, -0.2) is 0 Å². The van der Waals surface area contributed by atoms with Gasteiger partial charge in [-0.15, -0.1) is 0 Å². The van der Waals surface area contributed by atoms with Gasteiger partial charge in [-0.1, -0.05) is 90.1 Å². The van der Waals surface area contributed by atoms with Gasteiger partial charge >= 0.3 is 0 Å². The first-order valence-electron chi connectivity index (χ1n) is 10.0. The summed E-state index contributed by atoms with van der Waals surface area (Å²) in [7, 11) is 0. The van der Waals surface area contributed by atoms with Crippen molar-refractivity contribution in [2.45, 2.75) is 78.7 Å². The average Bonchev–Trinajstić information content (AvgIpc) is 2.63. The molecule has 2 nitrogen and oxygen atoms in total. The van der Waals surface area contributed by atoms with Crippen LogP contribution >= 0.6 is 0 Å². The van der Waals surface area contributed by atoms with Crippen LogP contribution in [-0.2, 0) is 4.79 Å². The Balaban J connectivity index is 2.81. The van der Waals surface area contributed by atoms with Crippen molar-refractivity contribution in [1.29, 1.82) is 0 Å². The van der Waals surface area contributed by atoms with E-state index in [1.54, 1.807) is 0 Å². The first-order chi connectivity index (χ1) is 11.7. The fourth-order valence-electron chi connectivity index (χ4n) is 3.54. The summed E-state index contributed by atoms with van der Waals surface area (Å²) >= 11 is 0. The Morgan fingerprint density at radius 2 is 1.54 bits per heavy atom. The smallest absolute Gasteiger partial charge is 0.157 e. The van der Waals surface area contributed by atoms with Crippen LogP contribution in [0.15, 0.2) is 30.3 Å². The second kappa shape index (κ2) is 12.2. The zero-order valence-electron chi connectivity index (χ0n) is 16.3. The molecule has 0 saturated heterocycles. The number of hydrogen-bond acceptors (Lipinski definition) is 2. The van der Waals surface area contributed by atoms with Crippen LogP contribution in [0.2, 0.25) is 0 Å². The summed E-state index contributed by atoms with van der Waals surface area (Å²) in [6.07, 6.45) is 8.34. The molecule has 2 heteroatoms. The van der Waals surface area contributed by atoms with Gasteiger partial charge in [-0.3, -0.25) is 9.69 Å². The van der Waals surface area contributed by atoms with E-state index in [0.717, 1.165) is 31.5 Å². The zero-order chi connectivity index (χ0) is 17.8. The summed E-state index contributed by atoms with van der Waals surface area (Å²) in [6.45, 7) is 10.5. The lowest BCUT2D eigenvalue weighted by Gasteiger charge is -2.31. The van der Waals surface area contributed by atoms with Crippen molar-refractivity contribution in [3.8, 4) is 0 Å². The molecule has 0 amide bonds. The van der Waals surface area contributed by atoms with E-state index in [1.165, 1.54) is 32.1 Å². The lowest BCUT2D eigenvalue weighted by molar-refractivity contribution is -0.128. The van der Waals surface area contributed by atoms with Gasteiger partial charge in [0.25, 0.3) is 0 Å². The molecule has 0 saturated carbocycles. The molecule has 0 N–H and O–H groups in total. The van der Waals surface area contributed by atoms with Crippen LogP contribution in [0.4, 0.5) is 0 Å². The van der Waals surface area contributed by atoms with Crippen LogP contribution in [-0.4, -0.2) is 23.8 Å². The third kappa shape index (κ3) is 6.39. The van der Waals surface area contributed by atoms with E-state index in [9.17, 15) is 4.79 Å². The number of carbonyl (C=O) groups is 1. The van der Waals surface area contributed by atoms with Crippen LogP contribution in [0.5, 0.6) is 0 Å². The van der Waals surface area contributed by atoms with Crippen LogP contribution in [0, 0.1) is 5.92 Å². The van der Waals surface area contributed by atoms with Crippen molar-refractivity contribution in [2.24, 2.45) is 5.92 Å². The number of unbranched alkanes of at least 4 members (excludes halogenated alkanes) is 4. The molecule has 0 heterocycles. The average molecular weight is 332 g/mol. The molecule has 1 aromatic rings. The third-order valence-corrected chi connectivity index (χ3v) is 5.11. The summed E-state index contributed by atoms with van der Waals surface area (Å²) < 4.78 is 0. The second-order valence-electron chi connectivity index (χ2n) is 6.74. The normalized spacial score (nSPS) is 13.9. The van der Waals surface area contributed by atoms with E-state index in [1.807, 2.05) is 18.2 Å². The van der Waals surface area contributed by atoms with Gasteiger partial charge in [0.05, 0.1) is 6.04 Å². The molecule has 24 heavy (non-hydrogen) atoms. The van der Waals surface area contributed by atoms with Crippen molar-refractivity contribution >= 4 is 5.78 Å². The molecule has 1 aromatic carbocycles. The molecular formula is C22H37NO. The van der Waals surface area contributed by atoms with Gasteiger partial charge in [0.15, 0.2) is 5.78 Å². The van der Waals surface area contributed by atoms with Crippen LogP contribution in [0.3, 0.4) is 0 Å². The lowest BCUT2D eigenvalue weighted by atomic mass is 9.86. The van der Waals surface area contributed by atoms with E-state index in [4.69, 9.17) is 0 Å². The highest BCUT2D eigenvalue weighted by atomic mass is 16.1. The Labute approximate surface area is 149 Å². The first-order valence-corrected chi connectivity index (χ1v) is 10.0. The van der Waals surface area contributed by atoms with Gasteiger partial charge in [0.1, 0.15) is 0 Å². The fraction of sp³-hybridized carbons (Fsp3) is 0.682. The molecule has 136 valence electrons. The number of likely N-dealkylation sites (N-methyl/N-ethyl adjacent to an activating group) is 1. The largest absolute Gasteiger partial charge is 0.297 e. The molecule has 0 spiro atoms. The summed E-state index contributed by atoms with van der Waals surface area (Å²) in [5, 5.41) is 0. The van der Waals surface area contributed by atoms with Crippen LogP contribution < -0.4 is 0 Å². The number of carbonyl (C=O) groups excluding carboxylic acids is 1. The van der Waals surface area contributed by atoms with Gasteiger partial charge in [-0.05, 0) is 31.5 Å². The van der Waals surface area contributed by atoms with Gasteiger partial charge in [0.2, 0.25) is 0 Å². The molecule has 0 aliphatic heterocycles. The van der Waals surface area contributed by atoms with Crippen molar-refractivity contribution in [2.75, 3.05) is 13.1 Å². The number of rotatable bonds is 13. The first kappa shape index (κ1) is 20.9. The molecular weight excluding hydrogens is 294 g/mol. The highest BCUT2D eigenvalue weighted by Crippen LogP contribution is 2.28. The van der Waals surface area contributed by atoms with Crippen molar-refractivity contribution in [3.63, 3.8) is 0 Å². The predicted molar refractivity (Wildman–Crippen MR) is 104 cm³/mol. The minimum absolute atomic E-state index is 0.0817. The van der Waals surface area contributed by atoms with Gasteiger partial charge < -0.3 is 0 Å². The summed E-state index contributed by atoms with van der Waals surface area (Å²) in [5.41, 5.74) is 1.15. The quantitative estimate of drug-likeness (QED) is 0.412. The second-order valence-corrected chi connectivity index (χ2v) is 6.74.